The molecular formula is C14H10Cl2N2O2S2. The highest BCUT2D eigenvalue weighted by atomic mass is 35.5. The molecule has 0 saturated heterocycles. The Bertz CT molecular complexity index is 968. The first-order valence-corrected chi connectivity index (χ1v) is 9.26. The molecule has 0 spiro atoms. The number of aryl methyl sites for hydroxylation is 1. The number of sulfonamides is 1. The number of aromatic nitrogens is 1. The van der Waals surface area contributed by atoms with Crippen LogP contribution in [-0.2, 0) is 10.0 Å². The smallest absolute Gasteiger partial charge is 0.261 e. The number of nitrogens with zero attached hydrogens (tertiary/aromatic N) is 1. The Labute approximate surface area is 141 Å². The topological polar surface area (TPSA) is 59.1 Å². The number of nitrogens with one attached hydrogen (secondary N) is 1. The molecule has 0 bridgehead atoms. The van der Waals surface area contributed by atoms with E-state index in [0.717, 1.165) is 15.2 Å². The van der Waals surface area contributed by atoms with Crippen molar-refractivity contribution in [3.05, 3.63) is 51.5 Å². The van der Waals surface area contributed by atoms with Gasteiger partial charge in [0.05, 0.1) is 35.9 Å². The average molecular weight is 373 g/mol. The number of thiazole rings is 1. The van der Waals surface area contributed by atoms with Crippen molar-refractivity contribution in [2.24, 2.45) is 0 Å². The summed E-state index contributed by atoms with van der Waals surface area (Å²) in [6.07, 6.45) is 0. The normalized spacial score (nSPS) is 11.8. The van der Waals surface area contributed by atoms with Crippen molar-refractivity contribution in [2.45, 2.75) is 11.8 Å². The Morgan fingerprint density at radius 2 is 1.86 bits per heavy atom. The first-order chi connectivity index (χ1) is 10.3. The van der Waals surface area contributed by atoms with Crippen LogP contribution in [-0.4, -0.2) is 13.4 Å². The highest BCUT2D eigenvalue weighted by molar-refractivity contribution is 7.92. The lowest BCUT2D eigenvalue weighted by molar-refractivity contribution is 0.601. The van der Waals surface area contributed by atoms with Crippen molar-refractivity contribution in [3.63, 3.8) is 0 Å². The van der Waals surface area contributed by atoms with Crippen LogP contribution in [0.3, 0.4) is 0 Å². The summed E-state index contributed by atoms with van der Waals surface area (Å²) >= 11 is 13.2. The first-order valence-electron chi connectivity index (χ1n) is 6.20. The van der Waals surface area contributed by atoms with Crippen LogP contribution >= 0.6 is 34.5 Å². The third-order valence-electron chi connectivity index (χ3n) is 2.95. The van der Waals surface area contributed by atoms with Crippen molar-refractivity contribution < 1.29 is 8.42 Å². The molecule has 0 unspecified atom stereocenters. The zero-order valence-electron chi connectivity index (χ0n) is 11.3. The Kier molecular flexibility index (Phi) is 4.03. The molecule has 3 aromatic rings. The number of rotatable bonds is 3. The highest BCUT2D eigenvalue weighted by Crippen LogP contribution is 2.28. The second-order valence-corrected chi connectivity index (χ2v) is 8.33. The largest absolute Gasteiger partial charge is 0.280 e. The Morgan fingerprint density at radius 1 is 1.09 bits per heavy atom. The molecule has 1 N–H and O–H groups in total. The second-order valence-electron chi connectivity index (χ2n) is 4.60. The van der Waals surface area contributed by atoms with E-state index in [0.29, 0.717) is 10.7 Å². The van der Waals surface area contributed by atoms with Crippen molar-refractivity contribution >= 4 is 60.5 Å². The Morgan fingerprint density at radius 3 is 2.59 bits per heavy atom. The fraction of sp³-hybridized carbons (Fsp3) is 0.0714. The van der Waals surface area contributed by atoms with Crippen molar-refractivity contribution in [2.75, 3.05) is 4.72 Å². The van der Waals surface area contributed by atoms with E-state index in [4.69, 9.17) is 23.2 Å². The molecule has 0 aliphatic carbocycles. The van der Waals surface area contributed by atoms with Crippen molar-refractivity contribution in [1.82, 2.24) is 4.98 Å². The third-order valence-corrected chi connectivity index (χ3v) is 6.02. The monoisotopic (exact) mass is 372 g/mol. The lowest BCUT2D eigenvalue weighted by Crippen LogP contribution is -2.12. The maximum Gasteiger partial charge on any atom is 0.261 e. The number of hydrogen-bond donors (Lipinski definition) is 1. The molecule has 8 heteroatoms. The van der Waals surface area contributed by atoms with Gasteiger partial charge in [0.1, 0.15) is 0 Å². The number of hydrogen-bond acceptors (Lipinski definition) is 4. The van der Waals surface area contributed by atoms with Crippen molar-refractivity contribution in [1.29, 1.82) is 0 Å². The molecule has 1 heterocycles. The molecule has 0 atom stereocenters. The summed E-state index contributed by atoms with van der Waals surface area (Å²) < 4.78 is 28.3. The Balaban J connectivity index is 1.96. The summed E-state index contributed by atoms with van der Waals surface area (Å²) in [7, 11) is -3.73. The maximum atomic E-state index is 12.4. The molecule has 0 aliphatic rings. The van der Waals surface area contributed by atoms with E-state index < -0.39 is 10.0 Å². The zero-order chi connectivity index (χ0) is 15.9. The quantitative estimate of drug-likeness (QED) is 0.723. The standard InChI is InChI=1S/C14H10Cl2N2O2S2/c1-8-17-13-6-9(2-5-14(13)21-8)18-22(19,20)10-3-4-11(15)12(16)7-10/h2-7,18H,1H3. The average Bonchev–Trinajstić information content (AvgIpc) is 2.80. The maximum absolute atomic E-state index is 12.4. The molecule has 0 aliphatic heterocycles. The van der Waals surface area contributed by atoms with Gasteiger partial charge in [0, 0.05) is 0 Å². The minimum atomic E-state index is -3.73. The van der Waals surface area contributed by atoms with E-state index in [9.17, 15) is 8.42 Å². The minimum absolute atomic E-state index is 0.0523. The van der Waals surface area contributed by atoms with Crippen molar-refractivity contribution in [3.8, 4) is 0 Å². The van der Waals surface area contributed by atoms with Gasteiger partial charge < -0.3 is 0 Å². The van der Waals surface area contributed by atoms with Gasteiger partial charge in [0.15, 0.2) is 0 Å². The summed E-state index contributed by atoms with van der Waals surface area (Å²) in [5, 5.41) is 1.43. The SMILES string of the molecule is Cc1nc2cc(NS(=O)(=O)c3ccc(Cl)c(Cl)c3)ccc2s1. The van der Waals surface area contributed by atoms with Gasteiger partial charge >= 0.3 is 0 Å². The van der Waals surface area contributed by atoms with E-state index in [1.54, 1.807) is 23.5 Å². The fourth-order valence-electron chi connectivity index (χ4n) is 1.96. The van der Waals surface area contributed by atoms with Crippen LogP contribution in [0.1, 0.15) is 5.01 Å². The summed E-state index contributed by atoms with van der Waals surface area (Å²) in [5.74, 6) is 0. The number of benzene rings is 2. The third kappa shape index (κ3) is 3.05. The van der Waals surface area contributed by atoms with Gasteiger partial charge in [-0.25, -0.2) is 13.4 Å². The molecule has 114 valence electrons. The number of anilines is 1. The molecule has 4 nitrogen and oxygen atoms in total. The van der Waals surface area contributed by atoms with E-state index in [1.165, 1.54) is 18.2 Å². The van der Waals surface area contributed by atoms with Gasteiger partial charge in [-0.05, 0) is 43.3 Å². The summed E-state index contributed by atoms with van der Waals surface area (Å²) in [5.41, 5.74) is 1.21. The van der Waals surface area contributed by atoms with E-state index in [1.807, 2.05) is 13.0 Å². The molecule has 2 aromatic carbocycles. The van der Waals surface area contributed by atoms with Crippen LogP contribution in [0, 0.1) is 6.92 Å². The molecule has 0 amide bonds. The van der Waals surface area contributed by atoms with Gasteiger partial charge in [0.2, 0.25) is 0 Å². The van der Waals surface area contributed by atoms with Crippen LogP contribution in [0.4, 0.5) is 5.69 Å². The zero-order valence-corrected chi connectivity index (χ0v) is 14.4. The predicted molar refractivity (Wildman–Crippen MR) is 91.6 cm³/mol. The molecule has 3 rings (SSSR count). The molecule has 0 fully saturated rings. The van der Waals surface area contributed by atoms with Crippen LogP contribution in [0.15, 0.2) is 41.3 Å². The van der Waals surface area contributed by atoms with Gasteiger partial charge in [-0.2, -0.15) is 0 Å². The molecule has 0 radical (unpaired) electrons. The molecule has 0 saturated carbocycles. The van der Waals surface area contributed by atoms with Crippen LogP contribution in [0.2, 0.25) is 10.0 Å². The highest BCUT2D eigenvalue weighted by Gasteiger charge is 2.16. The minimum Gasteiger partial charge on any atom is -0.280 e. The van der Waals surface area contributed by atoms with E-state index in [2.05, 4.69) is 9.71 Å². The fourth-order valence-corrected chi connectivity index (χ4v) is 4.21. The van der Waals surface area contributed by atoms with E-state index >= 15 is 0 Å². The summed E-state index contributed by atoms with van der Waals surface area (Å²) in [6.45, 7) is 1.91. The summed E-state index contributed by atoms with van der Waals surface area (Å²) in [4.78, 5) is 4.40. The van der Waals surface area contributed by atoms with Crippen LogP contribution in [0.25, 0.3) is 10.2 Å². The van der Waals surface area contributed by atoms with Gasteiger partial charge in [-0.15, -0.1) is 11.3 Å². The van der Waals surface area contributed by atoms with Gasteiger partial charge in [0.25, 0.3) is 10.0 Å². The molecular weight excluding hydrogens is 363 g/mol. The van der Waals surface area contributed by atoms with Crippen LogP contribution < -0.4 is 4.72 Å². The lowest BCUT2D eigenvalue weighted by atomic mass is 10.3. The van der Waals surface area contributed by atoms with Gasteiger partial charge in [-0.3, -0.25) is 4.72 Å². The second kappa shape index (κ2) is 5.70. The lowest BCUT2D eigenvalue weighted by Gasteiger charge is -2.08. The summed E-state index contributed by atoms with van der Waals surface area (Å²) in [6, 6.07) is 9.42. The van der Waals surface area contributed by atoms with E-state index in [-0.39, 0.29) is 9.92 Å². The predicted octanol–water partition coefficient (Wildman–Crippen LogP) is 4.71. The van der Waals surface area contributed by atoms with Gasteiger partial charge in [-0.1, -0.05) is 23.2 Å². The first kappa shape index (κ1) is 15.6. The number of halogens is 2. The number of fused-ring (bicyclic) bond motifs is 1. The Hall–Kier alpha value is -1.34. The molecule has 1 aromatic heterocycles. The van der Waals surface area contributed by atoms with Crippen LogP contribution in [0.5, 0.6) is 0 Å². The molecule has 22 heavy (non-hydrogen) atoms.